The van der Waals surface area contributed by atoms with Crippen LogP contribution in [0.1, 0.15) is 44.2 Å². The Morgan fingerprint density at radius 3 is 2.42 bits per heavy atom. The molecule has 0 radical (unpaired) electrons. The van der Waals surface area contributed by atoms with Gasteiger partial charge in [0.15, 0.2) is 0 Å². The van der Waals surface area contributed by atoms with Gasteiger partial charge in [0.1, 0.15) is 6.61 Å². The van der Waals surface area contributed by atoms with Crippen molar-refractivity contribution >= 4 is 11.8 Å². The fourth-order valence-corrected chi connectivity index (χ4v) is 4.63. The first kappa shape index (κ1) is 23.4. The molecule has 2 amide bonds. The first-order chi connectivity index (χ1) is 16.0. The fourth-order valence-electron chi connectivity index (χ4n) is 4.63. The maximum absolute atomic E-state index is 13.4. The largest absolute Gasteiger partial charge is 0.351 e. The molecule has 1 spiro atoms. The molecule has 2 unspecified atom stereocenters. The van der Waals surface area contributed by atoms with Crippen molar-refractivity contribution < 1.29 is 19.2 Å². The summed E-state index contributed by atoms with van der Waals surface area (Å²) >= 11 is 0. The highest BCUT2D eigenvalue weighted by molar-refractivity contribution is 5.82. The minimum absolute atomic E-state index is 0.0558. The topological polar surface area (TPSA) is 71.1 Å². The second-order valence-electron chi connectivity index (χ2n) is 9.08. The van der Waals surface area contributed by atoms with Crippen LogP contribution in [0.15, 0.2) is 60.7 Å². The summed E-state index contributed by atoms with van der Waals surface area (Å²) < 4.78 is 6.19. The van der Waals surface area contributed by atoms with E-state index in [2.05, 4.69) is 19.2 Å². The van der Waals surface area contributed by atoms with Crippen LogP contribution < -0.4 is 5.32 Å². The van der Waals surface area contributed by atoms with Gasteiger partial charge in [-0.05, 0) is 23.5 Å². The van der Waals surface area contributed by atoms with Gasteiger partial charge in [-0.1, -0.05) is 74.5 Å². The minimum Gasteiger partial charge on any atom is -0.351 e. The van der Waals surface area contributed by atoms with Crippen molar-refractivity contribution in [3.8, 4) is 0 Å². The van der Waals surface area contributed by atoms with E-state index in [1.807, 2.05) is 65.6 Å². The minimum atomic E-state index is -1.05. The summed E-state index contributed by atoms with van der Waals surface area (Å²) in [5.41, 5.74) is 2.02. The molecule has 176 valence electrons. The summed E-state index contributed by atoms with van der Waals surface area (Å²) in [6, 6.07) is 19.2. The van der Waals surface area contributed by atoms with E-state index in [0.29, 0.717) is 44.9 Å². The summed E-state index contributed by atoms with van der Waals surface area (Å²) in [6.45, 7) is 5.94. The van der Waals surface area contributed by atoms with E-state index in [1.54, 1.807) is 0 Å². The highest BCUT2D eigenvalue weighted by Crippen LogP contribution is 2.41. The number of rotatable bonds is 9. The number of amides is 2. The van der Waals surface area contributed by atoms with Crippen LogP contribution >= 0.6 is 0 Å². The summed E-state index contributed by atoms with van der Waals surface area (Å²) in [6.07, 6.45) is 1.46. The number of benzene rings is 2. The lowest BCUT2D eigenvalue weighted by Gasteiger charge is -2.42. The van der Waals surface area contributed by atoms with Crippen molar-refractivity contribution in [1.82, 2.24) is 15.3 Å². The van der Waals surface area contributed by atoms with Gasteiger partial charge in [-0.3, -0.25) is 14.4 Å². The maximum atomic E-state index is 13.4. The van der Waals surface area contributed by atoms with Crippen LogP contribution in [0.25, 0.3) is 0 Å². The molecule has 1 N–H and O–H groups in total. The Morgan fingerprint density at radius 1 is 1.09 bits per heavy atom. The molecule has 33 heavy (non-hydrogen) atoms. The lowest BCUT2D eigenvalue weighted by molar-refractivity contribution is -0.311. The second-order valence-corrected chi connectivity index (χ2v) is 9.08. The molecule has 2 atom stereocenters. The van der Waals surface area contributed by atoms with Crippen LogP contribution in [0.2, 0.25) is 0 Å². The Balaban J connectivity index is 1.52. The lowest BCUT2D eigenvalue weighted by Crippen LogP contribution is -2.61. The first-order valence-corrected chi connectivity index (χ1v) is 11.7. The Bertz CT molecular complexity index is 937. The zero-order chi connectivity index (χ0) is 23.3. The molecular formula is C26H33N3O4. The Morgan fingerprint density at radius 2 is 1.76 bits per heavy atom. The average molecular weight is 452 g/mol. The molecule has 2 aromatic carbocycles. The van der Waals surface area contributed by atoms with Crippen molar-refractivity contribution in [1.29, 1.82) is 0 Å². The smallest absolute Gasteiger partial charge is 0.250 e. The van der Waals surface area contributed by atoms with Crippen molar-refractivity contribution in [3.63, 3.8) is 0 Å². The summed E-state index contributed by atoms with van der Waals surface area (Å²) in [7, 11) is 0. The van der Waals surface area contributed by atoms with Crippen LogP contribution in [-0.4, -0.2) is 46.8 Å². The van der Waals surface area contributed by atoms with E-state index in [0.717, 1.165) is 11.1 Å². The number of hydrogen-bond acceptors (Lipinski definition) is 5. The Hall–Kier alpha value is -2.74. The molecule has 2 saturated heterocycles. The molecule has 7 nitrogen and oxygen atoms in total. The molecule has 2 aliphatic heterocycles. The molecule has 2 fully saturated rings. The van der Waals surface area contributed by atoms with Crippen LogP contribution in [0, 0.1) is 5.92 Å². The van der Waals surface area contributed by atoms with E-state index in [-0.39, 0.29) is 18.4 Å². The summed E-state index contributed by atoms with van der Waals surface area (Å²) in [5.74, 6) is -0.924. The predicted molar refractivity (Wildman–Crippen MR) is 124 cm³/mol. The van der Waals surface area contributed by atoms with E-state index in [9.17, 15) is 9.59 Å². The lowest BCUT2D eigenvalue weighted by atomic mass is 10.00. The van der Waals surface area contributed by atoms with Crippen molar-refractivity contribution in [2.24, 2.45) is 5.92 Å². The van der Waals surface area contributed by atoms with Gasteiger partial charge < -0.3 is 10.1 Å². The molecule has 4 rings (SSSR count). The second kappa shape index (κ2) is 10.5. The third-order valence-electron chi connectivity index (χ3n) is 6.21. The number of nitrogens with zero attached hydrogens (tertiary/aromatic N) is 2. The summed E-state index contributed by atoms with van der Waals surface area (Å²) in [4.78, 5) is 34.3. The molecule has 2 aromatic rings. The van der Waals surface area contributed by atoms with Crippen LogP contribution in [0.5, 0.6) is 0 Å². The number of nitrogens with one attached hydrogen (secondary N) is 1. The Kier molecular flexibility index (Phi) is 7.42. The number of carbonyl (C=O) groups is 2. The van der Waals surface area contributed by atoms with Crippen LogP contribution in [0.3, 0.4) is 0 Å². The predicted octanol–water partition coefficient (Wildman–Crippen LogP) is 3.46. The third kappa shape index (κ3) is 5.27. The SMILES string of the molecule is CC(C)CC(C(=O)NCc1ccccc1)N1CCOC12CCC(=O)N2OCc1ccccc1. The van der Waals surface area contributed by atoms with E-state index in [1.165, 1.54) is 5.06 Å². The molecule has 0 bridgehead atoms. The number of ether oxygens (including phenoxy) is 1. The van der Waals surface area contributed by atoms with Crippen molar-refractivity contribution in [2.45, 2.75) is 58.2 Å². The van der Waals surface area contributed by atoms with E-state index in [4.69, 9.17) is 9.57 Å². The first-order valence-electron chi connectivity index (χ1n) is 11.7. The van der Waals surface area contributed by atoms with Crippen molar-refractivity contribution in [2.75, 3.05) is 13.2 Å². The van der Waals surface area contributed by atoms with Crippen LogP contribution in [-0.2, 0) is 32.3 Å². The monoisotopic (exact) mass is 451 g/mol. The number of hydroxylamine groups is 2. The van der Waals surface area contributed by atoms with Gasteiger partial charge in [-0.2, -0.15) is 5.06 Å². The maximum Gasteiger partial charge on any atom is 0.250 e. The highest BCUT2D eigenvalue weighted by atomic mass is 16.7. The van der Waals surface area contributed by atoms with Gasteiger partial charge in [0.2, 0.25) is 17.7 Å². The quantitative estimate of drug-likeness (QED) is 0.632. The number of carbonyl (C=O) groups excluding carboxylic acids is 2. The molecular weight excluding hydrogens is 418 g/mol. The average Bonchev–Trinajstić information content (AvgIpc) is 3.39. The highest BCUT2D eigenvalue weighted by Gasteiger charge is 2.58. The molecule has 7 heteroatoms. The van der Waals surface area contributed by atoms with E-state index < -0.39 is 11.9 Å². The van der Waals surface area contributed by atoms with Gasteiger partial charge in [0, 0.05) is 25.9 Å². The normalized spacial score (nSPS) is 21.8. The fraction of sp³-hybridized carbons (Fsp3) is 0.462. The van der Waals surface area contributed by atoms with E-state index >= 15 is 0 Å². The Labute approximate surface area is 195 Å². The standard InChI is InChI=1S/C26H33N3O4/c1-20(2)17-23(25(31)27-18-21-9-5-3-6-10-21)28-15-16-32-26(28)14-13-24(30)29(26)33-19-22-11-7-4-8-12-22/h3-12,20,23H,13-19H2,1-2H3,(H,27,31). The zero-order valence-corrected chi connectivity index (χ0v) is 19.4. The molecule has 0 saturated carbocycles. The number of hydrogen-bond donors (Lipinski definition) is 1. The van der Waals surface area contributed by atoms with Gasteiger partial charge >= 0.3 is 0 Å². The molecule has 0 aromatic heterocycles. The van der Waals surface area contributed by atoms with Gasteiger partial charge in [0.05, 0.1) is 12.6 Å². The molecule has 2 aliphatic rings. The van der Waals surface area contributed by atoms with Gasteiger partial charge in [-0.25, -0.2) is 4.90 Å². The van der Waals surface area contributed by atoms with Gasteiger partial charge in [0.25, 0.3) is 0 Å². The van der Waals surface area contributed by atoms with Gasteiger partial charge in [-0.15, -0.1) is 0 Å². The zero-order valence-electron chi connectivity index (χ0n) is 19.4. The molecule has 2 heterocycles. The summed E-state index contributed by atoms with van der Waals surface area (Å²) in [5, 5.41) is 4.47. The molecule has 0 aliphatic carbocycles. The van der Waals surface area contributed by atoms with Crippen molar-refractivity contribution in [3.05, 3.63) is 71.8 Å². The third-order valence-corrected chi connectivity index (χ3v) is 6.21. The van der Waals surface area contributed by atoms with Crippen LogP contribution in [0.4, 0.5) is 0 Å².